The number of halogens is 1. The number of carbonyl (C=O) groups is 1. The molecule has 1 heterocycles. The summed E-state index contributed by atoms with van der Waals surface area (Å²) in [7, 11) is 0. The van der Waals surface area contributed by atoms with E-state index in [0.717, 1.165) is 19.3 Å². The Morgan fingerprint density at radius 2 is 2.33 bits per heavy atom. The number of hydrogen-bond acceptors (Lipinski definition) is 2. The van der Waals surface area contributed by atoms with E-state index in [0.29, 0.717) is 12.1 Å². The average Bonchev–Trinajstić information content (AvgIpc) is 2.25. The quantitative estimate of drug-likeness (QED) is 0.620. The predicted molar refractivity (Wildman–Crippen MR) is 61.1 cm³/mol. The third-order valence-electron chi connectivity index (χ3n) is 2.07. The molecule has 0 aliphatic rings. The number of rotatable bonds is 5. The first kappa shape index (κ1) is 12.0. The molecular formula is C11H15ClN2O. The van der Waals surface area contributed by atoms with Crippen LogP contribution in [0.15, 0.2) is 18.3 Å². The Morgan fingerprint density at radius 3 is 3.00 bits per heavy atom. The molecule has 0 spiro atoms. The fourth-order valence-electron chi connectivity index (χ4n) is 1.23. The van der Waals surface area contributed by atoms with Gasteiger partial charge in [0, 0.05) is 12.7 Å². The molecule has 15 heavy (non-hydrogen) atoms. The molecule has 0 radical (unpaired) electrons. The Balaban J connectivity index is 2.44. The summed E-state index contributed by atoms with van der Waals surface area (Å²) in [6.45, 7) is 2.82. The van der Waals surface area contributed by atoms with Crippen LogP contribution in [-0.2, 0) is 0 Å². The second-order valence-corrected chi connectivity index (χ2v) is 3.66. The van der Waals surface area contributed by atoms with Crippen molar-refractivity contribution in [1.29, 1.82) is 0 Å². The second-order valence-electron chi connectivity index (χ2n) is 3.30. The lowest BCUT2D eigenvalue weighted by molar-refractivity contribution is 0.0953. The van der Waals surface area contributed by atoms with Gasteiger partial charge in [-0.05, 0) is 18.6 Å². The van der Waals surface area contributed by atoms with Gasteiger partial charge in [0.1, 0.15) is 5.15 Å². The molecule has 0 aliphatic carbocycles. The van der Waals surface area contributed by atoms with Gasteiger partial charge in [-0.25, -0.2) is 4.98 Å². The van der Waals surface area contributed by atoms with Crippen molar-refractivity contribution in [2.75, 3.05) is 6.54 Å². The van der Waals surface area contributed by atoms with Crippen molar-refractivity contribution in [3.8, 4) is 0 Å². The fraction of sp³-hybridized carbons (Fsp3) is 0.455. The number of carbonyl (C=O) groups excluding carboxylic acids is 1. The third kappa shape index (κ3) is 3.88. The first-order valence-corrected chi connectivity index (χ1v) is 5.52. The molecule has 4 heteroatoms. The zero-order valence-corrected chi connectivity index (χ0v) is 9.55. The highest BCUT2D eigenvalue weighted by atomic mass is 35.5. The van der Waals surface area contributed by atoms with Gasteiger partial charge in [0.25, 0.3) is 5.91 Å². The van der Waals surface area contributed by atoms with E-state index in [1.54, 1.807) is 18.3 Å². The number of unbranched alkanes of at least 4 members (excludes halogenated alkanes) is 2. The maximum absolute atomic E-state index is 11.6. The Kier molecular flexibility index (Phi) is 5.12. The molecule has 0 atom stereocenters. The van der Waals surface area contributed by atoms with E-state index in [9.17, 15) is 4.79 Å². The lowest BCUT2D eigenvalue weighted by Crippen LogP contribution is -2.24. The highest BCUT2D eigenvalue weighted by Crippen LogP contribution is 2.10. The normalized spacial score (nSPS) is 10.0. The van der Waals surface area contributed by atoms with Crippen LogP contribution in [0.5, 0.6) is 0 Å². The maximum atomic E-state index is 11.6. The predicted octanol–water partition coefficient (Wildman–Crippen LogP) is 2.66. The zero-order valence-electron chi connectivity index (χ0n) is 8.79. The Labute approximate surface area is 94.9 Å². The van der Waals surface area contributed by atoms with Crippen LogP contribution in [0.3, 0.4) is 0 Å². The van der Waals surface area contributed by atoms with E-state index >= 15 is 0 Å². The van der Waals surface area contributed by atoms with Crippen LogP contribution in [0.4, 0.5) is 0 Å². The molecule has 1 aromatic rings. The van der Waals surface area contributed by atoms with Gasteiger partial charge in [-0.15, -0.1) is 0 Å². The van der Waals surface area contributed by atoms with Crippen LogP contribution in [0.1, 0.15) is 36.5 Å². The van der Waals surface area contributed by atoms with Gasteiger partial charge in [0.15, 0.2) is 0 Å². The van der Waals surface area contributed by atoms with Gasteiger partial charge in [-0.3, -0.25) is 4.79 Å². The molecule has 0 aliphatic heterocycles. The standard InChI is InChI=1S/C11H15ClN2O/c1-2-3-4-7-14-11(15)9-6-5-8-13-10(9)12/h5-6,8H,2-4,7H2,1H3,(H,14,15). The Hall–Kier alpha value is -1.09. The highest BCUT2D eigenvalue weighted by Gasteiger charge is 2.08. The van der Waals surface area contributed by atoms with E-state index in [-0.39, 0.29) is 11.1 Å². The summed E-state index contributed by atoms with van der Waals surface area (Å²) in [4.78, 5) is 15.4. The fourth-order valence-corrected chi connectivity index (χ4v) is 1.43. The number of nitrogens with one attached hydrogen (secondary N) is 1. The molecule has 82 valence electrons. The van der Waals surface area contributed by atoms with Crippen molar-refractivity contribution in [2.24, 2.45) is 0 Å². The second kappa shape index (κ2) is 6.40. The van der Waals surface area contributed by atoms with E-state index in [1.165, 1.54) is 0 Å². The van der Waals surface area contributed by atoms with Crippen molar-refractivity contribution in [1.82, 2.24) is 10.3 Å². The van der Waals surface area contributed by atoms with Crippen LogP contribution in [0, 0.1) is 0 Å². The lowest BCUT2D eigenvalue weighted by Gasteiger charge is -2.05. The van der Waals surface area contributed by atoms with Crippen LogP contribution in [0.2, 0.25) is 5.15 Å². The minimum atomic E-state index is -0.149. The van der Waals surface area contributed by atoms with Gasteiger partial charge in [0.05, 0.1) is 5.56 Å². The number of aromatic nitrogens is 1. The molecule has 1 amide bonds. The smallest absolute Gasteiger partial charge is 0.254 e. The summed E-state index contributed by atoms with van der Waals surface area (Å²) in [6, 6.07) is 3.37. The van der Waals surface area contributed by atoms with Crippen LogP contribution in [-0.4, -0.2) is 17.4 Å². The first-order chi connectivity index (χ1) is 7.25. The van der Waals surface area contributed by atoms with Crippen LogP contribution in [0.25, 0.3) is 0 Å². The van der Waals surface area contributed by atoms with Crippen molar-refractivity contribution < 1.29 is 4.79 Å². The van der Waals surface area contributed by atoms with Crippen LogP contribution >= 0.6 is 11.6 Å². The average molecular weight is 227 g/mol. The van der Waals surface area contributed by atoms with Gasteiger partial charge in [-0.2, -0.15) is 0 Å². The molecule has 0 unspecified atom stereocenters. The molecule has 3 nitrogen and oxygen atoms in total. The Morgan fingerprint density at radius 1 is 1.53 bits per heavy atom. The van der Waals surface area contributed by atoms with Crippen molar-refractivity contribution in [2.45, 2.75) is 26.2 Å². The molecule has 0 bridgehead atoms. The molecule has 1 rings (SSSR count). The van der Waals surface area contributed by atoms with Gasteiger partial charge in [-0.1, -0.05) is 31.4 Å². The van der Waals surface area contributed by atoms with E-state index in [1.807, 2.05) is 0 Å². The number of nitrogens with zero attached hydrogens (tertiary/aromatic N) is 1. The molecule has 0 fully saturated rings. The summed E-state index contributed by atoms with van der Waals surface area (Å²) in [5, 5.41) is 3.07. The van der Waals surface area contributed by atoms with Crippen molar-refractivity contribution in [3.63, 3.8) is 0 Å². The molecule has 0 saturated heterocycles. The monoisotopic (exact) mass is 226 g/mol. The first-order valence-electron chi connectivity index (χ1n) is 5.14. The Bertz CT molecular complexity index is 328. The summed E-state index contributed by atoms with van der Waals surface area (Å²) < 4.78 is 0. The van der Waals surface area contributed by atoms with E-state index in [4.69, 9.17) is 11.6 Å². The van der Waals surface area contributed by atoms with Crippen molar-refractivity contribution in [3.05, 3.63) is 29.0 Å². The number of pyridine rings is 1. The van der Waals surface area contributed by atoms with Gasteiger partial charge >= 0.3 is 0 Å². The maximum Gasteiger partial charge on any atom is 0.254 e. The summed E-state index contributed by atoms with van der Waals surface area (Å²) in [5.74, 6) is -0.149. The highest BCUT2D eigenvalue weighted by molar-refractivity contribution is 6.32. The number of hydrogen-bond donors (Lipinski definition) is 1. The summed E-state index contributed by atoms with van der Waals surface area (Å²) in [6.07, 6.45) is 4.83. The zero-order chi connectivity index (χ0) is 11.1. The van der Waals surface area contributed by atoms with E-state index in [2.05, 4.69) is 17.2 Å². The lowest BCUT2D eigenvalue weighted by atomic mass is 10.2. The van der Waals surface area contributed by atoms with Crippen molar-refractivity contribution >= 4 is 17.5 Å². The third-order valence-corrected chi connectivity index (χ3v) is 2.37. The minimum Gasteiger partial charge on any atom is -0.352 e. The minimum absolute atomic E-state index is 0.149. The molecule has 1 aromatic heterocycles. The van der Waals surface area contributed by atoms with Crippen LogP contribution < -0.4 is 5.32 Å². The number of amides is 1. The SMILES string of the molecule is CCCCCNC(=O)c1cccnc1Cl. The molecule has 0 saturated carbocycles. The topological polar surface area (TPSA) is 42.0 Å². The van der Waals surface area contributed by atoms with Gasteiger partial charge in [0.2, 0.25) is 0 Å². The largest absolute Gasteiger partial charge is 0.352 e. The molecule has 0 aromatic carbocycles. The summed E-state index contributed by atoms with van der Waals surface area (Å²) >= 11 is 5.79. The summed E-state index contributed by atoms with van der Waals surface area (Å²) in [5.41, 5.74) is 0.440. The molecular weight excluding hydrogens is 212 g/mol. The van der Waals surface area contributed by atoms with E-state index < -0.39 is 0 Å². The molecule has 1 N–H and O–H groups in total. The van der Waals surface area contributed by atoms with Gasteiger partial charge < -0.3 is 5.32 Å².